The molecule has 0 bridgehead atoms. The number of aliphatic carboxylic acids is 1. The lowest BCUT2D eigenvalue weighted by molar-refractivity contribution is -0.136. The quantitative estimate of drug-likeness (QED) is 0.716. The molecule has 1 aromatic rings. The second-order valence-electron chi connectivity index (χ2n) is 2.44. The van der Waals surface area contributed by atoms with Crippen LogP contribution < -0.4 is 5.30 Å². The lowest BCUT2D eigenvalue weighted by Gasteiger charge is -1.97. The number of rotatable bonds is 4. The van der Waals surface area contributed by atoms with Gasteiger partial charge in [-0.15, -0.1) is 0 Å². The Morgan fingerprint density at radius 1 is 1.33 bits per heavy atom. The van der Waals surface area contributed by atoms with Crippen LogP contribution in [0.2, 0.25) is 0 Å². The van der Waals surface area contributed by atoms with Gasteiger partial charge in [0.05, 0.1) is 0 Å². The monoisotopic (exact) mass is 182 g/mol. The summed E-state index contributed by atoms with van der Waals surface area (Å²) in [6, 6.07) is 9.97. The number of carboxylic acid groups (broad SMARTS) is 1. The number of carboxylic acids is 1. The van der Waals surface area contributed by atoms with Crippen LogP contribution in [0.15, 0.2) is 30.3 Å². The van der Waals surface area contributed by atoms with Gasteiger partial charge in [0, 0.05) is 6.42 Å². The summed E-state index contributed by atoms with van der Waals surface area (Å²) in [7, 11) is 0.616. The summed E-state index contributed by atoms with van der Waals surface area (Å²) in [6.45, 7) is 0. The van der Waals surface area contributed by atoms with E-state index in [-0.39, 0.29) is 6.42 Å². The highest BCUT2D eigenvalue weighted by Crippen LogP contribution is 2.10. The van der Waals surface area contributed by atoms with Crippen molar-refractivity contribution in [3.63, 3.8) is 0 Å². The van der Waals surface area contributed by atoms with Gasteiger partial charge in [-0.05, 0) is 11.5 Å². The van der Waals surface area contributed by atoms with Gasteiger partial charge in [-0.2, -0.15) is 0 Å². The third-order valence-electron chi connectivity index (χ3n) is 1.44. The summed E-state index contributed by atoms with van der Waals surface area (Å²) in [5.74, 6) is -0.710. The SMILES string of the molecule is O=C(O)CCPc1ccccc1. The molecule has 0 aliphatic rings. The fourth-order valence-corrected chi connectivity index (χ4v) is 1.93. The van der Waals surface area contributed by atoms with Gasteiger partial charge in [0.1, 0.15) is 0 Å². The average Bonchev–Trinajstić information content (AvgIpc) is 2.05. The van der Waals surface area contributed by atoms with Gasteiger partial charge in [0.15, 0.2) is 0 Å². The maximum Gasteiger partial charge on any atom is 0.303 e. The average molecular weight is 182 g/mol. The molecule has 3 heteroatoms. The summed E-state index contributed by atoms with van der Waals surface area (Å²) >= 11 is 0. The molecule has 12 heavy (non-hydrogen) atoms. The van der Waals surface area contributed by atoms with Crippen LogP contribution in [0.25, 0.3) is 0 Å². The highest BCUT2D eigenvalue weighted by molar-refractivity contribution is 7.47. The van der Waals surface area contributed by atoms with Gasteiger partial charge in [-0.3, -0.25) is 4.79 Å². The van der Waals surface area contributed by atoms with E-state index in [1.54, 1.807) is 0 Å². The minimum Gasteiger partial charge on any atom is -0.481 e. The molecule has 2 nitrogen and oxygen atoms in total. The Balaban J connectivity index is 2.29. The van der Waals surface area contributed by atoms with Crippen LogP contribution in [0.3, 0.4) is 0 Å². The highest BCUT2D eigenvalue weighted by Gasteiger charge is 1.96. The van der Waals surface area contributed by atoms with E-state index in [0.717, 1.165) is 6.16 Å². The van der Waals surface area contributed by atoms with Crippen LogP contribution in [0.4, 0.5) is 0 Å². The molecular weight excluding hydrogens is 171 g/mol. The highest BCUT2D eigenvalue weighted by atomic mass is 31.1. The van der Waals surface area contributed by atoms with Crippen LogP contribution in [0, 0.1) is 0 Å². The molecule has 0 aliphatic carbocycles. The van der Waals surface area contributed by atoms with Crippen LogP contribution in [0.1, 0.15) is 6.42 Å². The standard InChI is InChI=1S/C9H11O2P/c10-9(11)6-7-12-8-4-2-1-3-5-8/h1-5,12H,6-7H2,(H,10,11). The van der Waals surface area contributed by atoms with Crippen molar-refractivity contribution in [2.75, 3.05) is 6.16 Å². The zero-order chi connectivity index (χ0) is 8.81. The Labute approximate surface area is 73.4 Å². The van der Waals surface area contributed by atoms with Crippen molar-refractivity contribution in [2.45, 2.75) is 6.42 Å². The molecule has 0 radical (unpaired) electrons. The molecular formula is C9H11O2P. The number of carbonyl (C=O) groups is 1. The molecule has 0 amide bonds. The zero-order valence-electron chi connectivity index (χ0n) is 6.66. The zero-order valence-corrected chi connectivity index (χ0v) is 7.66. The summed E-state index contributed by atoms with van der Waals surface area (Å²) in [5.41, 5.74) is 0. The van der Waals surface area contributed by atoms with Crippen molar-refractivity contribution >= 4 is 19.9 Å². The normalized spacial score (nSPS) is 10.7. The molecule has 1 N–H and O–H groups in total. The summed E-state index contributed by atoms with van der Waals surface area (Å²) in [4.78, 5) is 10.2. The second kappa shape index (κ2) is 4.89. The van der Waals surface area contributed by atoms with Crippen molar-refractivity contribution in [3.8, 4) is 0 Å². The van der Waals surface area contributed by atoms with Gasteiger partial charge < -0.3 is 5.11 Å². The van der Waals surface area contributed by atoms with E-state index in [9.17, 15) is 4.79 Å². The molecule has 0 aromatic heterocycles. The molecule has 1 aromatic carbocycles. The fourth-order valence-electron chi connectivity index (χ4n) is 0.870. The first kappa shape index (κ1) is 9.21. The number of hydrogen-bond acceptors (Lipinski definition) is 1. The molecule has 0 saturated carbocycles. The lowest BCUT2D eigenvalue weighted by Crippen LogP contribution is -1.99. The van der Waals surface area contributed by atoms with E-state index in [2.05, 4.69) is 0 Å². The van der Waals surface area contributed by atoms with Crippen LogP contribution in [-0.4, -0.2) is 17.2 Å². The molecule has 1 unspecified atom stereocenters. The summed E-state index contributed by atoms with van der Waals surface area (Å²) in [5, 5.41) is 9.63. The Morgan fingerprint density at radius 2 is 2.00 bits per heavy atom. The van der Waals surface area contributed by atoms with E-state index in [1.165, 1.54) is 5.30 Å². The second-order valence-corrected chi connectivity index (χ2v) is 3.87. The first-order chi connectivity index (χ1) is 5.79. The number of hydrogen-bond donors (Lipinski definition) is 1. The molecule has 0 fully saturated rings. The van der Waals surface area contributed by atoms with Gasteiger partial charge in [0.25, 0.3) is 0 Å². The van der Waals surface area contributed by atoms with E-state index < -0.39 is 5.97 Å². The lowest BCUT2D eigenvalue weighted by atomic mass is 10.4. The maximum absolute atomic E-state index is 10.2. The number of benzene rings is 1. The summed E-state index contributed by atoms with van der Waals surface area (Å²) < 4.78 is 0. The molecule has 1 rings (SSSR count). The van der Waals surface area contributed by atoms with Crippen molar-refractivity contribution < 1.29 is 9.90 Å². The first-order valence-corrected chi connectivity index (χ1v) is 5.00. The van der Waals surface area contributed by atoms with Gasteiger partial charge in [-0.1, -0.05) is 38.9 Å². The molecule has 64 valence electrons. The van der Waals surface area contributed by atoms with Crippen molar-refractivity contribution in [1.82, 2.24) is 0 Å². The van der Waals surface area contributed by atoms with E-state index in [4.69, 9.17) is 5.11 Å². The largest absolute Gasteiger partial charge is 0.481 e. The maximum atomic E-state index is 10.2. The minimum absolute atomic E-state index is 0.271. The van der Waals surface area contributed by atoms with Crippen LogP contribution in [-0.2, 0) is 4.79 Å². The van der Waals surface area contributed by atoms with E-state index in [1.807, 2.05) is 30.3 Å². The predicted octanol–water partition coefficient (Wildman–Crippen LogP) is 1.47. The van der Waals surface area contributed by atoms with Gasteiger partial charge >= 0.3 is 5.97 Å². The Hall–Kier alpha value is -0.880. The van der Waals surface area contributed by atoms with Crippen LogP contribution in [0.5, 0.6) is 0 Å². The van der Waals surface area contributed by atoms with E-state index in [0.29, 0.717) is 8.58 Å². The third-order valence-corrected chi connectivity index (χ3v) is 2.68. The molecule has 0 saturated heterocycles. The van der Waals surface area contributed by atoms with Crippen molar-refractivity contribution in [1.29, 1.82) is 0 Å². The molecule has 0 heterocycles. The Morgan fingerprint density at radius 3 is 2.58 bits per heavy atom. The predicted molar refractivity (Wildman–Crippen MR) is 51.5 cm³/mol. The molecule has 0 spiro atoms. The van der Waals surface area contributed by atoms with Crippen molar-refractivity contribution in [2.24, 2.45) is 0 Å². The summed E-state index contributed by atoms with van der Waals surface area (Å²) in [6.07, 6.45) is 1.02. The molecule has 1 atom stereocenters. The van der Waals surface area contributed by atoms with Gasteiger partial charge in [-0.25, -0.2) is 0 Å². The smallest absolute Gasteiger partial charge is 0.303 e. The fraction of sp³-hybridized carbons (Fsp3) is 0.222. The minimum atomic E-state index is -0.710. The van der Waals surface area contributed by atoms with Crippen LogP contribution >= 0.6 is 8.58 Å². The Bertz CT molecular complexity index is 246. The first-order valence-electron chi connectivity index (χ1n) is 3.80. The van der Waals surface area contributed by atoms with Gasteiger partial charge in [0.2, 0.25) is 0 Å². The molecule has 0 aliphatic heterocycles. The Kier molecular flexibility index (Phi) is 3.75. The van der Waals surface area contributed by atoms with E-state index >= 15 is 0 Å². The topological polar surface area (TPSA) is 37.3 Å². The van der Waals surface area contributed by atoms with Crippen molar-refractivity contribution in [3.05, 3.63) is 30.3 Å². The third kappa shape index (κ3) is 3.49.